The number of ether oxygens (including phenoxy) is 2. The van der Waals surface area contributed by atoms with Crippen LogP contribution in [-0.2, 0) is 9.53 Å². The van der Waals surface area contributed by atoms with Crippen LogP contribution in [0, 0.1) is 6.92 Å². The van der Waals surface area contributed by atoms with Crippen LogP contribution in [0.4, 0.5) is 0 Å². The van der Waals surface area contributed by atoms with Crippen LogP contribution in [0.15, 0.2) is 18.3 Å². The molecule has 0 saturated carbocycles. The minimum absolute atomic E-state index is 0.360. The summed E-state index contributed by atoms with van der Waals surface area (Å²) >= 11 is 0. The van der Waals surface area contributed by atoms with Crippen LogP contribution < -0.4 is 4.74 Å². The van der Waals surface area contributed by atoms with Gasteiger partial charge in [0.2, 0.25) is 0 Å². The van der Waals surface area contributed by atoms with E-state index in [1.54, 1.807) is 32.2 Å². The molecule has 0 aliphatic rings. The molecule has 0 N–H and O–H groups in total. The van der Waals surface area contributed by atoms with Gasteiger partial charge in [-0.05, 0) is 32.9 Å². The van der Waals surface area contributed by atoms with Gasteiger partial charge >= 0.3 is 5.97 Å². The van der Waals surface area contributed by atoms with Gasteiger partial charge in [0.05, 0.1) is 12.3 Å². The van der Waals surface area contributed by atoms with Crippen LogP contribution in [0.1, 0.15) is 19.5 Å². The van der Waals surface area contributed by atoms with Gasteiger partial charge in [0, 0.05) is 6.20 Å². The maximum atomic E-state index is 11.3. The highest BCUT2D eigenvalue weighted by molar-refractivity contribution is 5.74. The molecule has 1 rings (SSSR count). The fourth-order valence-corrected chi connectivity index (χ4v) is 1.09. The summed E-state index contributed by atoms with van der Waals surface area (Å²) in [5.74, 6) is 0.249. The van der Waals surface area contributed by atoms with Crippen molar-refractivity contribution >= 4 is 5.97 Å². The second kappa shape index (κ2) is 5.34. The lowest BCUT2D eigenvalue weighted by Gasteiger charge is -2.14. The van der Waals surface area contributed by atoms with Crippen LogP contribution in [0.3, 0.4) is 0 Å². The Morgan fingerprint density at radius 3 is 2.93 bits per heavy atom. The van der Waals surface area contributed by atoms with Gasteiger partial charge in [0.25, 0.3) is 0 Å². The van der Waals surface area contributed by atoms with E-state index in [0.717, 1.165) is 5.69 Å². The highest BCUT2D eigenvalue weighted by atomic mass is 16.6. The normalized spacial score (nSPS) is 11.9. The van der Waals surface area contributed by atoms with Crippen molar-refractivity contribution in [2.75, 3.05) is 6.61 Å². The molecule has 1 heterocycles. The van der Waals surface area contributed by atoms with Crippen molar-refractivity contribution in [2.45, 2.75) is 26.9 Å². The van der Waals surface area contributed by atoms with Gasteiger partial charge < -0.3 is 9.47 Å². The van der Waals surface area contributed by atoms with Crippen LogP contribution in [0.25, 0.3) is 0 Å². The van der Waals surface area contributed by atoms with Crippen molar-refractivity contribution in [1.29, 1.82) is 0 Å². The molecule has 1 atom stereocenters. The number of nitrogens with zero attached hydrogens (tertiary/aromatic N) is 1. The quantitative estimate of drug-likeness (QED) is 0.708. The summed E-state index contributed by atoms with van der Waals surface area (Å²) in [6, 6.07) is 3.54. The highest BCUT2D eigenvalue weighted by Crippen LogP contribution is 2.15. The smallest absolute Gasteiger partial charge is 0.347 e. The largest absolute Gasteiger partial charge is 0.477 e. The minimum atomic E-state index is -0.604. The van der Waals surface area contributed by atoms with E-state index in [1.165, 1.54) is 0 Å². The Labute approximate surface area is 89.2 Å². The number of hydrogen-bond donors (Lipinski definition) is 0. The predicted molar refractivity (Wildman–Crippen MR) is 55.7 cm³/mol. The first-order valence-corrected chi connectivity index (χ1v) is 4.90. The summed E-state index contributed by atoms with van der Waals surface area (Å²) in [7, 11) is 0. The second-order valence-corrected chi connectivity index (χ2v) is 3.10. The summed E-state index contributed by atoms with van der Waals surface area (Å²) in [4.78, 5) is 15.4. The van der Waals surface area contributed by atoms with Crippen molar-refractivity contribution in [3.63, 3.8) is 0 Å². The standard InChI is InChI=1S/C11H15NO3/c1-4-14-11(13)9(3)15-10-6-5-7-12-8(10)2/h5-7,9H,4H2,1-3H3. The van der Waals surface area contributed by atoms with E-state index in [9.17, 15) is 4.79 Å². The van der Waals surface area contributed by atoms with E-state index in [4.69, 9.17) is 9.47 Å². The van der Waals surface area contributed by atoms with Gasteiger partial charge in [-0.2, -0.15) is 0 Å². The summed E-state index contributed by atoms with van der Waals surface area (Å²) in [6.45, 7) is 5.61. The summed E-state index contributed by atoms with van der Waals surface area (Å²) in [5, 5.41) is 0. The Hall–Kier alpha value is -1.58. The molecule has 82 valence electrons. The van der Waals surface area contributed by atoms with Crippen molar-refractivity contribution in [1.82, 2.24) is 4.98 Å². The molecule has 0 aliphatic heterocycles. The number of carbonyl (C=O) groups is 1. The first-order chi connectivity index (χ1) is 7.15. The lowest BCUT2D eigenvalue weighted by atomic mass is 10.3. The molecule has 1 aromatic heterocycles. The van der Waals surface area contributed by atoms with Crippen molar-refractivity contribution in [2.24, 2.45) is 0 Å². The van der Waals surface area contributed by atoms with E-state index >= 15 is 0 Å². The Balaban J connectivity index is 2.62. The molecule has 4 nitrogen and oxygen atoms in total. The molecule has 0 spiro atoms. The fourth-order valence-electron chi connectivity index (χ4n) is 1.09. The molecule has 0 bridgehead atoms. The van der Waals surface area contributed by atoms with E-state index in [-0.39, 0.29) is 5.97 Å². The first-order valence-electron chi connectivity index (χ1n) is 4.90. The predicted octanol–water partition coefficient (Wildman–Crippen LogP) is 1.72. The Bertz CT molecular complexity index is 338. The molecule has 0 radical (unpaired) electrons. The molecular formula is C11H15NO3. The highest BCUT2D eigenvalue weighted by Gasteiger charge is 2.16. The van der Waals surface area contributed by atoms with Gasteiger partial charge in [-0.1, -0.05) is 0 Å². The lowest BCUT2D eigenvalue weighted by Crippen LogP contribution is -2.26. The lowest BCUT2D eigenvalue weighted by molar-refractivity contribution is -0.150. The second-order valence-electron chi connectivity index (χ2n) is 3.10. The molecule has 1 aromatic rings. The van der Waals surface area contributed by atoms with E-state index < -0.39 is 6.10 Å². The molecule has 0 aromatic carbocycles. The molecule has 4 heteroatoms. The third-order valence-corrected chi connectivity index (χ3v) is 1.88. The number of carbonyl (C=O) groups excluding carboxylic acids is 1. The van der Waals surface area contributed by atoms with E-state index in [1.807, 2.05) is 6.92 Å². The zero-order valence-electron chi connectivity index (χ0n) is 9.19. The minimum Gasteiger partial charge on any atom is -0.477 e. The van der Waals surface area contributed by atoms with Crippen molar-refractivity contribution < 1.29 is 14.3 Å². The first kappa shape index (κ1) is 11.5. The Kier molecular flexibility index (Phi) is 4.09. The SMILES string of the molecule is CCOC(=O)C(C)Oc1cccnc1C. The molecular weight excluding hydrogens is 194 g/mol. The average molecular weight is 209 g/mol. The maximum absolute atomic E-state index is 11.3. The monoisotopic (exact) mass is 209 g/mol. The molecule has 0 saturated heterocycles. The van der Waals surface area contributed by atoms with Gasteiger partial charge in [-0.15, -0.1) is 0 Å². The van der Waals surface area contributed by atoms with Crippen molar-refractivity contribution in [3.8, 4) is 5.75 Å². The molecule has 0 fully saturated rings. The van der Waals surface area contributed by atoms with Gasteiger partial charge in [-0.25, -0.2) is 4.79 Å². The van der Waals surface area contributed by atoms with Gasteiger partial charge in [-0.3, -0.25) is 4.98 Å². The van der Waals surface area contributed by atoms with Crippen LogP contribution in [0.2, 0.25) is 0 Å². The zero-order valence-corrected chi connectivity index (χ0v) is 9.19. The Morgan fingerprint density at radius 1 is 1.60 bits per heavy atom. The molecule has 0 aliphatic carbocycles. The summed E-state index contributed by atoms with van der Waals surface area (Å²) in [5.41, 5.74) is 0.758. The van der Waals surface area contributed by atoms with Gasteiger partial charge in [0.15, 0.2) is 6.10 Å². The average Bonchev–Trinajstić information content (AvgIpc) is 2.21. The van der Waals surface area contributed by atoms with E-state index in [2.05, 4.69) is 4.98 Å². The number of rotatable bonds is 4. The molecule has 1 unspecified atom stereocenters. The van der Waals surface area contributed by atoms with Crippen molar-refractivity contribution in [3.05, 3.63) is 24.0 Å². The van der Waals surface area contributed by atoms with Crippen LogP contribution in [0.5, 0.6) is 5.75 Å². The van der Waals surface area contributed by atoms with E-state index in [0.29, 0.717) is 12.4 Å². The number of pyridine rings is 1. The number of esters is 1. The summed E-state index contributed by atoms with van der Waals surface area (Å²) < 4.78 is 10.3. The van der Waals surface area contributed by atoms with Crippen LogP contribution in [-0.4, -0.2) is 23.7 Å². The fraction of sp³-hybridized carbons (Fsp3) is 0.455. The van der Waals surface area contributed by atoms with Crippen LogP contribution >= 0.6 is 0 Å². The number of aryl methyl sites for hydroxylation is 1. The zero-order chi connectivity index (χ0) is 11.3. The maximum Gasteiger partial charge on any atom is 0.347 e. The Morgan fingerprint density at radius 2 is 2.33 bits per heavy atom. The topological polar surface area (TPSA) is 48.4 Å². The number of hydrogen-bond acceptors (Lipinski definition) is 4. The summed E-state index contributed by atoms with van der Waals surface area (Å²) in [6.07, 6.45) is 1.07. The third kappa shape index (κ3) is 3.23. The molecule has 15 heavy (non-hydrogen) atoms. The third-order valence-electron chi connectivity index (χ3n) is 1.88. The number of aromatic nitrogens is 1. The van der Waals surface area contributed by atoms with Gasteiger partial charge in [0.1, 0.15) is 5.75 Å². The molecule has 0 amide bonds.